The van der Waals surface area contributed by atoms with Crippen LogP contribution in [0.5, 0.6) is 0 Å². The van der Waals surface area contributed by atoms with Gasteiger partial charge in [-0.3, -0.25) is 4.79 Å². The van der Waals surface area contributed by atoms with E-state index < -0.39 is 10.0 Å². The number of carbonyl (C=O) groups excluding carboxylic acids is 1. The molecule has 2 N–H and O–H groups in total. The topological polar surface area (TPSA) is 78.5 Å². The number of carbonyl (C=O) groups is 1. The standard InChI is InChI=1S/C21H33N3O3S/c1-15(2)24-12-9-17(10-13-24)8-11-22-28(26,27)19-6-4-18-5-7-21(20(18)14-19)23-16(3)25/h4,6,14-15,17,21-22H,5,7-13H2,1-3H3,(H,23,25)/t21-/m0/s1. The van der Waals surface area contributed by atoms with E-state index >= 15 is 0 Å². The monoisotopic (exact) mass is 407 g/mol. The van der Waals surface area contributed by atoms with Crippen LogP contribution in [0.2, 0.25) is 0 Å². The van der Waals surface area contributed by atoms with Crippen molar-refractivity contribution in [2.24, 2.45) is 5.92 Å². The van der Waals surface area contributed by atoms with Gasteiger partial charge in [-0.15, -0.1) is 0 Å². The lowest BCUT2D eigenvalue weighted by atomic mass is 9.93. The van der Waals surface area contributed by atoms with E-state index in [2.05, 4.69) is 28.8 Å². The third-order valence-corrected chi connectivity index (χ3v) is 7.57. The van der Waals surface area contributed by atoms with Crippen LogP contribution in [-0.4, -0.2) is 44.9 Å². The summed E-state index contributed by atoms with van der Waals surface area (Å²) in [5.74, 6) is 0.495. The highest BCUT2D eigenvalue weighted by Crippen LogP contribution is 2.32. The van der Waals surface area contributed by atoms with E-state index in [9.17, 15) is 13.2 Å². The second-order valence-corrected chi connectivity index (χ2v) is 10.2. The number of piperidine rings is 1. The smallest absolute Gasteiger partial charge is 0.240 e. The molecular weight excluding hydrogens is 374 g/mol. The molecule has 0 spiro atoms. The summed E-state index contributed by atoms with van der Waals surface area (Å²) in [6, 6.07) is 5.78. The van der Waals surface area contributed by atoms with Gasteiger partial charge in [-0.25, -0.2) is 13.1 Å². The van der Waals surface area contributed by atoms with Crippen LogP contribution >= 0.6 is 0 Å². The number of nitrogens with zero attached hydrogens (tertiary/aromatic N) is 1. The Bertz CT molecular complexity index is 799. The summed E-state index contributed by atoms with van der Waals surface area (Å²) in [5.41, 5.74) is 2.05. The van der Waals surface area contributed by atoms with Gasteiger partial charge in [0.15, 0.2) is 0 Å². The van der Waals surface area contributed by atoms with Crippen molar-refractivity contribution in [1.29, 1.82) is 0 Å². The van der Waals surface area contributed by atoms with Crippen LogP contribution in [-0.2, 0) is 21.2 Å². The highest BCUT2D eigenvalue weighted by molar-refractivity contribution is 7.89. The van der Waals surface area contributed by atoms with E-state index in [0.717, 1.165) is 56.3 Å². The Kier molecular flexibility index (Phi) is 6.78. The van der Waals surface area contributed by atoms with Gasteiger partial charge in [-0.05, 0) is 88.2 Å². The summed E-state index contributed by atoms with van der Waals surface area (Å²) in [6.07, 6.45) is 4.84. The molecule has 1 amide bonds. The van der Waals surface area contributed by atoms with Gasteiger partial charge in [0.25, 0.3) is 0 Å². The van der Waals surface area contributed by atoms with Crippen molar-refractivity contribution >= 4 is 15.9 Å². The molecule has 156 valence electrons. The van der Waals surface area contributed by atoms with Gasteiger partial charge in [0.1, 0.15) is 0 Å². The van der Waals surface area contributed by atoms with Crippen LogP contribution in [0.15, 0.2) is 23.1 Å². The number of likely N-dealkylation sites (tertiary alicyclic amines) is 1. The Morgan fingerprint density at radius 3 is 2.57 bits per heavy atom. The highest BCUT2D eigenvalue weighted by Gasteiger charge is 2.26. The Morgan fingerprint density at radius 1 is 1.21 bits per heavy atom. The Balaban J connectivity index is 1.56. The first-order valence-electron chi connectivity index (χ1n) is 10.4. The number of amides is 1. The number of aryl methyl sites for hydroxylation is 1. The third kappa shape index (κ3) is 5.13. The van der Waals surface area contributed by atoms with Gasteiger partial charge in [-0.1, -0.05) is 6.07 Å². The molecule has 1 fully saturated rings. The van der Waals surface area contributed by atoms with E-state index in [1.807, 2.05) is 6.07 Å². The van der Waals surface area contributed by atoms with E-state index in [0.29, 0.717) is 18.5 Å². The van der Waals surface area contributed by atoms with Crippen molar-refractivity contribution in [2.75, 3.05) is 19.6 Å². The summed E-state index contributed by atoms with van der Waals surface area (Å²) < 4.78 is 28.2. The normalized spacial score (nSPS) is 21.1. The number of nitrogens with one attached hydrogen (secondary N) is 2. The number of hydrogen-bond acceptors (Lipinski definition) is 4. The molecule has 1 aromatic rings. The van der Waals surface area contributed by atoms with Gasteiger partial charge in [0.05, 0.1) is 10.9 Å². The number of rotatable bonds is 7. The molecule has 0 radical (unpaired) electrons. The zero-order valence-corrected chi connectivity index (χ0v) is 18.0. The molecule has 3 rings (SSSR count). The number of hydrogen-bond donors (Lipinski definition) is 2. The molecule has 0 bridgehead atoms. The second-order valence-electron chi connectivity index (χ2n) is 8.41. The molecule has 0 saturated carbocycles. The zero-order valence-electron chi connectivity index (χ0n) is 17.2. The van der Waals surface area contributed by atoms with E-state index in [1.165, 1.54) is 6.92 Å². The molecule has 1 heterocycles. The molecular formula is C21H33N3O3S. The predicted octanol–water partition coefficient (Wildman–Crippen LogP) is 2.60. The lowest BCUT2D eigenvalue weighted by Crippen LogP contribution is -2.39. The second kappa shape index (κ2) is 8.93. The molecule has 1 aromatic carbocycles. The molecule has 7 heteroatoms. The van der Waals surface area contributed by atoms with Crippen molar-refractivity contribution in [1.82, 2.24) is 14.9 Å². The zero-order chi connectivity index (χ0) is 20.3. The van der Waals surface area contributed by atoms with Crippen LogP contribution < -0.4 is 10.0 Å². The lowest BCUT2D eigenvalue weighted by molar-refractivity contribution is -0.119. The number of sulfonamides is 1. The molecule has 0 aromatic heterocycles. The Morgan fingerprint density at radius 2 is 1.93 bits per heavy atom. The molecule has 28 heavy (non-hydrogen) atoms. The molecule has 1 aliphatic carbocycles. The number of fused-ring (bicyclic) bond motifs is 1. The van der Waals surface area contributed by atoms with Crippen molar-refractivity contribution in [2.45, 2.75) is 69.9 Å². The van der Waals surface area contributed by atoms with Crippen molar-refractivity contribution in [3.8, 4) is 0 Å². The van der Waals surface area contributed by atoms with Crippen molar-refractivity contribution in [3.05, 3.63) is 29.3 Å². The third-order valence-electron chi connectivity index (χ3n) is 6.11. The number of benzene rings is 1. The quantitative estimate of drug-likeness (QED) is 0.728. The summed E-state index contributed by atoms with van der Waals surface area (Å²) in [4.78, 5) is 14.2. The summed E-state index contributed by atoms with van der Waals surface area (Å²) >= 11 is 0. The minimum atomic E-state index is -3.53. The molecule has 0 unspecified atom stereocenters. The maximum absolute atomic E-state index is 12.7. The molecule has 2 aliphatic rings. The molecule has 1 aliphatic heterocycles. The maximum atomic E-state index is 12.7. The SMILES string of the molecule is CC(=O)N[C@H]1CCc2ccc(S(=O)(=O)NCCC3CCN(C(C)C)CC3)cc21. The van der Waals surface area contributed by atoms with E-state index in [4.69, 9.17) is 0 Å². The summed E-state index contributed by atoms with van der Waals surface area (Å²) in [6.45, 7) is 8.62. The minimum absolute atomic E-state index is 0.0891. The average molecular weight is 408 g/mol. The van der Waals surface area contributed by atoms with E-state index in [-0.39, 0.29) is 16.8 Å². The fraction of sp³-hybridized carbons (Fsp3) is 0.667. The first kappa shape index (κ1) is 21.3. The van der Waals surface area contributed by atoms with Gasteiger partial charge >= 0.3 is 0 Å². The van der Waals surface area contributed by atoms with Crippen LogP contribution in [0.4, 0.5) is 0 Å². The summed E-state index contributed by atoms with van der Waals surface area (Å²) in [5, 5.41) is 2.92. The summed E-state index contributed by atoms with van der Waals surface area (Å²) in [7, 11) is -3.53. The van der Waals surface area contributed by atoms with Crippen molar-refractivity contribution in [3.63, 3.8) is 0 Å². The Hall–Kier alpha value is -1.44. The van der Waals surface area contributed by atoms with Gasteiger partial charge in [0, 0.05) is 19.5 Å². The maximum Gasteiger partial charge on any atom is 0.240 e. The lowest BCUT2D eigenvalue weighted by Gasteiger charge is -2.34. The highest BCUT2D eigenvalue weighted by atomic mass is 32.2. The van der Waals surface area contributed by atoms with Gasteiger partial charge < -0.3 is 10.2 Å². The first-order chi connectivity index (χ1) is 13.3. The van der Waals surface area contributed by atoms with Gasteiger partial charge in [-0.2, -0.15) is 0 Å². The largest absolute Gasteiger partial charge is 0.350 e. The van der Waals surface area contributed by atoms with Crippen LogP contribution in [0.25, 0.3) is 0 Å². The van der Waals surface area contributed by atoms with Gasteiger partial charge in [0.2, 0.25) is 15.9 Å². The van der Waals surface area contributed by atoms with Crippen LogP contribution in [0, 0.1) is 5.92 Å². The molecule has 6 nitrogen and oxygen atoms in total. The van der Waals surface area contributed by atoms with E-state index in [1.54, 1.807) is 12.1 Å². The van der Waals surface area contributed by atoms with Crippen LogP contribution in [0.3, 0.4) is 0 Å². The fourth-order valence-electron chi connectivity index (χ4n) is 4.38. The Labute approximate surface area is 169 Å². The first-order valence-corrected chi connectivity index (χ1v) is 11.9. The fourth-order valence-corrected chi connectivity index (χ4v) is 5.46. The molecule has 1 atom stereocenters. The predicted molar refractivity (Wildman–Crippen MR) is 111 cm³/mol. The molecule has 1 saturated heterocycles. The minimum Gasteiger partial charge on any atom is -0.350 e. The average Bonchev–Trinajstić information content (AvgIpc) is 3.03. The van der Waals surface area contributed by atoms with Crippen molar-refractivity contribution < 1.29 is 13.2 Å². The van der Waals surface area contributed by atoms with Crippen LogP contribution in [0.1, 0.15) is 63.6 Å².